The summed E-state index contributed by atoms with van der Waals surface area (Å²) >= 11 is 6.00. The van der Waals surface area contributed by atoms with Crippen LogP contribution >= 0.6 is 11.6 Å². The molecule has 0 amide bonds. The second-order valence-corrected chi connectivity index (χ2v) is 8.33. The molecule has 0 atom stereocenters. The fourth-order valence-corrected chi connectivity index (χ4v) is 4.11. The van der Waals surface area contributed by atoms with E-state index in [0.717, 1.165) is 22.7 Å². The van der Waals surface area contributed by atoms with Crippen molar-refractivity contribution in [3.8, 4) is 11.1 Å². The minimum atomic E-state index is 0.626. The number of hydrogen-bond acceptors (Lipinski definition) is 1. The summed E-state index contributed by atoms with van der Waals surface area (Å²) in [6.07, 6.45) is 4.20. The second-order valence-electron chi connectivity index (χ2n) is 7.89. The fourth-order valence-electron chi connectivity index (χ4n) is 3.99. The molecule has 5 rings (SSSR count). The summed E-state index contributed by atoms with van der Waals surface area (Å²) in [6, 6.07) is 35.6. The fraction of sp³-hybridized carbons (Fsp3) is 0.0690. The molecule has 1 heterocycles. The zero-order chi connectivity index (χ0) is 21.8. The summed E-state index contributed by atoms with van der Waals surface area (Å²) in [6.45, 7) is 1.45. The van der Waals surface area contributed by atoms with E-state index in [-0.39, 0.29) is 0 Å². The topological polar surface area (TPSA) is 17.3 Å². The number of rotatable bonds is 6. The summed E-state index contributed by atoms with van der Waals surface area (Å²) in [4.78, 5) is 4.73. The highest BCUT2D eigenvalue weighted by atomic mass is 35.5. The molecule has 4 aromatic carbocycles. The van der Waals surface area contributed by atoms with Gasteiger partial charge >= 0.3 is 0 Å². The van der Waals surface area contributed by atoms with Crippen LogP contribution in [0.15, 0.2) is 114 Å². The van der Waals surface area contributed by atoms with Crippen LogP contribution in [-0.2, 0) is 13.1 Å². The summed E-state index contributed by atoms with van der Waals surface area (Å²) in [5, 5.41) is 1.96. The zero-order valence-corrected chi connectivity index (χ0v) is 18.4. The molecular formula is C29H23ClN2. The average Bonchev–Trinajstić information content (AvgIpc) is 3.18. The van der Waals surface area contributed by atoms with Crippen LogP contribution in [0, 0.1) is 0 Å². The summed E-state index contributed by atoms with van der Waals surface area (Å²) in [7, 11) is 0. The molecule has 0 saturated heterocycles. The Morgan fingerprint density at radius 3 is 2.19 bits per heavy atom. The molecule has 0 radical (unpaired) electrons. The Hall–Kier alpha value is -3.62. The van der Waals surface area contributed by atoms with E-state index in [0.29, 0.717) is 6.54 Å². The first-order valence-corrected chi connectivity index (χ1v) is 11.1. The van der Waals surface area contributed by atoms with Gasteiger partial charge < -0.3 is 4.57 Å². The van der Waals surface area contributed by atoms with Crippen LogP contribution in [-0.4, -0.2) is 10.8 Å². The third kappa shape index (κ3) is 4.51. The number of halogens is 1. The van der Waals surface area contributed by atoms with E-state index in [1.807, 2.05) is 36.5 Å². The van der Waals surface area contributed by atoms with E-state index in [1.165, 1.54) is 27.6 Å². The molecule has 2 nitrogen and oxygen atoms in total. The number of nitrogens with zero attached hydrogens (tertiary/aromatic N) is 2. The standard InChI is InChI=1S/C29H23ClN2/c30-27-14-11-22(12-15-27)18-31-19-26-21-32(20-23-7-3-1-4-8-23)29-16-13-25(17-28(26)29)24-9-5-2-6-10-24/h1-17,19,21H,18,20H2. The summed E-state index contributed by atoms with van der Waals surface area (Å²) in [5.74, 6) is 0. The van der Waals surface area contributed by atoms with Gasteiger partial charge in [0.25, 0.3) is 0 Å². The van der Waals surface area contributed by atoms with Gasteiger partial charge in [-0.1, -0.05) is 90.5 Å². The van der Waals surface area contributed by atoms with Crippen LogP contribution in [0.2, 0.25) is 5.02 Å². The molecule has 156 valence electrons. The van der Waals surface area contributed by atoms with Gasteiger partial charge in [-0.2, -0.15) is 0 Å². The average molecular weight is 435 g/mol. The lowest BCUT2D eigenvalue weighted by atomic mass is 10.0. The van der Waals surface area contributed by atoms with Gasteiger partial charge in [0.05, 0.1) is 6.54 Å². The first-order valence-electron chi connectivity index (χ1n) is 10.7. The SMILES string of the molecule is Clc1ccc(CN=Cc2cn(Cc3ccccc3)c3ccc(-c4ccccc4)cc23)cc1. The van der Waals surface area contributed by atoms with Gasteiger partial charge in [-0.25, -0.2) is 0 Å². The number of benzene rings is 4. The zero-order valence-electron chi connectivity index (χ0n) is 17.7. The Kier molecular flexibility index (Phi) is 5.87. The van der Waals surface area contributed by atoms with Gasteiger partial charge in [-0.3, -0.25) is 4.99 Å². The van der Waals surface area contributed by atoms with E-state index in [9.17, 15) is 0 Å². The van der Waals surface area contributed by atoms with Crippen molar-refractivity contribution in [1.29, 1.82) is 0 Å². The lowest BCUT2D eigenvalue weighted by Gasteiger charge is -2.07. The molecule has 0 aliphatic carbocycles. The Morgan fingerprint density at radius 2 is 1.44 bits per heavy atom. The maximum Gasteiger partial charge on any atom is 0.0640 e. The Bertz CT molecular complexity index is 1350. The molecule has 0 spiro atoms. The monoisotopic (exact) mass is 434 g/mol. The smallest absolute Gasteiger partial charge is 0.0640 e. The van der Waals surface area contributed by atoms with E-state index in [1.54, 1.807) is 0 Å². The summed E-state index contributed by atoms with van der Waals surface area (Å²) in [5.41, 5.74) is 7.19. The highest BCUT2D eigenvalue weighted by Crippen LogP contribution is 2.28. The largest absolute Gasteiger partial charge is 0.342 e. The van der Waals surface area contributed by atoms with Crippen molar-refractivity contribution in [3.63, 3.8) is 0 Å². The molecule has 1 aromatic heterocycles. The lowest BCUT2D eigenvalue weighted by Crippen LogP contribution is -1.97. The number of aliphatic imine (C=N–C) groups is 1. The van der Waals surface area contributed by atoms with E-state index in [2.05, 4.69) is 83.6 Å². The van der Waals surface area contributed by atoms with Crippen molar-refractivity contribution in [2.24, 2.45) is 4.99 Å². The Morgan fingerprint density at radius 1 is 0.719 bits per heavy atom. The number of hydrogen-bond donors (Lipinski definition) is 0. The molecular weight excluding hydrogens is 412 g/mol. The molecule has 0 saturated carbocycles. The Balaban J connectivity index is 1.52. The van der Waals surface area contributed by atoms with E-state index in [4.69, 9.17) is 16.6 Å². The first-order chi connectivity index (χ1) is 15.8. The quantitative estimate of drug-likeness (QED) is 0.244. The number of aromatic nitrogens is 1. The van der Waals surface area contributed by atoms with Crippen molar-refractivity contribution in [3.05, 3.63) is 131 Å². The first kappa shape index (κ1) is 20.3. The van der Waals surface area contributed by atoms with Gasteiger partial charge in [0.2, 0.25) is 0 Å². The van der Waals surface area contributed by atoms with Crippen molar-refractivity contribution in [2.45, 2.75) is 13.1 Å². The minimum Gasteiger partial charge on any atom is -0.342 e. The molecule has 0 aliphatic heterocycles. The van der Waals surface area contributed by atoms with E-state index < -0.39 is 0 Å². The normalized spacial score (nSPS) is 11.4. The van der Waals surface area contributed by atoms with Gasteiger partial charge in [0.15, 0.2) is 0 Å². The van der Waals surface area contributed by atoms with Gasteiger partial charge in [-0.05, 0) is 46.5 Å². The molecule has 0 fully saturated rings. The Labute approximate surface area is 193 Å². The predicted molar refractivity (Wildman–Crippen MR) is 136 cm³/mol. The van der Waals surface area contributed by atoms with Crippen LogP contribution in [0.1, 0.15) is 16.7 Å². The van der Waals surface area contributed by atoms with Crippen LogP contribution in [0.3, 0.4) is 0 Å². The molecule has 0 bridgehead atoms. The molecule has 0 N–H and O–H groups in total. The molecule has 32 heavy (non-hydrogen) atoms. The number of fused-ring (bicyclic) bond motifs is 1. The third-order valence-corrected chi connectivity index (χ3v) is 5.88. The van der Waals surface area contributed by atoms with Crippen molar-refractivity contribution < 1.29 is 0 Å². The van der Waals surface area contributed by atoms with Gasteiger partial charge in [0.1, 0.15) is 0 Å². The lowest BCUT2D eigenvalue weighted by molar-refractivity contribution is 0.836. The maximum atomic E-state index is 6.00. The molecule has 0 aliphatic rings. The van der Waals surface area contributed by atoms with Gasteiger partial charge in [0, 0.05) is 40.4 Å². The van der Waals surface area contributed by atoms with Crippen molar-refractivity contribution >= 4 is 28.7 Å². The maximum absolute atomic E-state index is 6.00. The van der Waals surface area contributed by atoms with Crippen LogP contribution in [0.25, 0.3) is 22.0 Å². The highest BCUT2D eigenvalue weighted by Gasteiger charge is 2.10. The van der Waals surface area contributed by atoms with Gasteiger partial charge in [-0.15, -0.1) is 0 Å². The third-order valence-electron chi connectivity index (χ3n) is 5.63. The minimum absolute atomic E-state index is 0.626. The van der Waals surface area contributed by atoms with Crippen LogP contribution in [0.5, 0.6) is 0 Å². The van der Waals surface area contributed by atoms with Crippen molar-refractivity contribution in [2.75, 3.05) is 0 Å². The second kappa shape index (κ2) is 9.25. The predicted octanol–water partition coefficient (Wildman–Crippen LogP) is 7.63. The molecule has 3 heteroatoms. The highest BCUT2D eigenvalue weighted by molar-refractivity contribution is 6.30. The summed E-state index contributed by atoms with van der Waals surface area (Å²) < 4.78 is 2.31. The van der Waals surface area contributed by atoms with Crippen molar-refractivity contribution in [1.82, 2.24) is 4.57 Å². The van der Waals surface area contributed by atoms with Crippen LogP contribution < -0.4 is 0 Å². The van der Waals surface area contributed by atoms with E-state index >= 15 is 0 Å². The molecule has 0 unspecified atom stereocenters. The molecule has 5 aromatic rings. The van der Waals surface area contributed by atoms with Crippen LogP contribution in [0.4, 0.5) is 0 Å².